The highest BCUT2D eigenvalue weighted by Gasteiger charge is 2.40. The van der Waals surface area contributed by atoms with Crippen molar-refractivity contribution >= 4 is 64.1 Å². The molecule has 0 fully saturated rings. The molecule has 0 radical (unpaired) electrons. The molecule has 0 saturated carbocycles. The summed E-state index contributed by atoms with van der Waals surface area (Å²) in [6, 6.07) is 49.6. The largest absolute Gasteiger partial charge is 0.307 e. The highest BCUT2D eigenvalue weighted by Crippen LogP contribution is 2.72. The lowest BCUT2D eigenvalue weighted by Crippen LogP contribution is -2.14. The molecular formula is C38H26O3S3. The van der Waals surface area contributed by atoms with Gasteiger partial charge in [-0.3, -0.25) is 0 Å². The molecule has 0 bridgehead atoms. The molecule has 214 valence electrons. The molecule has 0 unspecified atom stereocenters. The van der Waals surface area contributed by atoms with Crippen LogP contribution < -0.4 is 0 Å². The van der Waals surface area contributed by atoms with Gasteiger partial charge in [-0.25, -0.2) is 3.63 Å². The zero-order valence-electron chi connectivity index (χ0n) is 23.5. The predicted octanol–water partition coefficient (Wildman–Crippen LogP) is 10.9. The Morgan fingerprint density at radius 3 is 1.68 bits per heavy atom. The number of hydrogen-bond acceptors (Lipinski definition) is 4. The van der Waals surface area contributed by atoms with Crippen LogP contribution in [0.15, 0.2) is 176 Å². The lowest BCUT2D eigenvalue weighted by Gasteiger charge is -2.38. The van der Waals surface area contributed by atoms with Gasteiger partial charge in [-0.1, -0.05) is 115 Å². The van der Waals surface area contributed by atoms with Crippen LogP contribution in [0.25, 0.3) is 43.4 Å². The Labute approximate surface area is 262 Å². The van der Waals surface area contributed by atoms with Crippen molar-refractivity contribution in [2.45, 2.75) is 18.9 Å². The van der Waals surface area contributed by atoms with Crippen LogP contribution in [0.3, 0.4) is 0 Å². The molecule has 1 aromatic heterocycles. The lowest BCUT2D eigenvalue weighted by molar-refractivity contribution is 0.510. The topological polar surface area (TPSA) is 43.4 Å². The van der Waals surface area contributed by atoms with Gasteiger partial charge in [0.1, 0.15) is 4.90 Å². The maximum Gasteiger partial charge on any atom is 0.307 e. The van der Waals surface area contributed by atoms with Gasteiger partial charge in [-0.15, -0.1) is 11.3 Å². The minimum atomic E-state index is -4.30. The van der Waals surface area contributed by atoms with E-state index >= 15 is 0 Å². The van der Waals surface area contributed by atoms with Crippen LogP contribution in [-0.4, -0.2) is 8.42 Å². The third-order valence-corrected chi connectivity index (χ3v) is 14.8. The average molecular weight is 627 g/mol. The van der Waals surface area contributed by atoms with Crippen LogP contribution in [0, 0.1) is 0 Å². The zero-order valence-corrected chi connectivity index (χ0v) is 25.9. The summed E-state index contributed by atoms with van der Waals surface area (Å²) in [4.78, 5) is 1.80. The first-order valence-corrected chi connectivity index (χ1v) is 18.1. The van der Waals surface area contributed by atoms with Gasteiger partial charge in [0.25, 0.3) is 0 Å². The Bertz CT molecular complexity index is 2310. The third kappa shape index (κ3) is 4.33. The fraction of sp³-hybridized carbons (Fsp3) is 0. The van der Waals surface area contributed by atoms with E-state index in [0.717, 1.165) is 52.1 Å². The second-order valence-corrected chi connectivity index (χ2v) is 16.2. The Hall–Kier alpha value is -4.46. The predicted molar refractivity (Wildman–Crippen MR) is 183 cm³/mol. The molecule has 1 heterocycles. The molecule has 0 aliphatic rings. The van der Waals surface area contributed by atoms with Crippen molar-refractivity contribution in [2.75, 3.05) is 0 Å². The maximum absolute atomic E-state index is 14.8. The molecule has 0 saturated heterocycles. The number of rotatable bonds is 7. The molecule has 0 N–H and O–H groups in total. The fourth-order valence-electron chi connectivity index (χ4n) is 6.05. The second-order valence-electron chi connectivity index (χ2n) is 10.6. The van der Waals surface area contributed by atoms with E-state index in [9.17, 15) is 8.42 Å². The summed E-state index contributed by atoms with van der Waals surface area (Å²) < 4.78 is 37.2. The van der Waals surface area contributed by atoms with E-state index in [0.29, 0.717) is 5.39 Å². The summed E-state index contributed by atoms with van der Waals surface area (Å²) in [7, 11) is -7.02. The summed E-state index contributed by atoms with van der Waals surface area (Å²) in [6.07, 6.45) is 0. The van der Waals surface area contributed by atoms with E-state index in [1.807, 2.05) is 103 Å². The summed E-state index contributed by atoms with van der Waals surface area (Å²) in [5.74, 6) is 0. The van der Waals surface area contributed by atoms with Gasteiger partial charge < -0.3 is 0 Å². The van der Waals surface area contributed by atoms with Crippen LogP contribution in [0.1, 0.15) is 0 Å². The molecule has 6 heteroatoms. The zero-order chi connectivity index (χ0) is 29.7. The molecule has 0 aliphatic heterocycles. The van der Waals surface area contributed by atoms with Crippen molar-refractivity contribution in [3.63, 3.8) is 0 Å². The fourth-order valence-corrected chi connectivity index (χ4v) is 13.3. The molecule has 3 nitrogen and oxygen atoms in total. The Balaban J connectivity index is 1.38. The molecule has 7 aromatic carbocycles. The van der Waals surface area contributed by atoms with Crippen molar-refractivity contribution in [2.24, 2.45) is 0 Å². The van der Waals surface area contributed by atoms with Crippen LogP contribution in [-0.2, 0) is 13.7 Å². The van der Waals surface area contributed by atoms with Gasteiger partial charge in [0.2, 0.25) is 0 Å². The van der Waals surface area contributed by atoms with E-state index in [-0.39, 0.29) is 4.90 Å². The maximum atomic E-state index is 14.8. The molecular weight excluding hydrogens is 601 g/mol. The van der Waals surface area contributed by atoms with E-state index in [2.05, 4.69) is 47.8 Å². The van der Waals surface area contributed by atoms with Crippen molar-refractivity contribution in [3.8, 4) is 11.1 Å². The Kier molecular flexibility index (Phi) is 6.54. The van der Waals surface area contributed by atoms with Crippen LogP contribution in [0.2, 0.25) is 0 Å². The van der Waals surface area contributed by atoms with Crippen molar-refractivity contribution in [1.29, 1.82) is 0 Å². The van der Waals surface area contributed by atoms with Crippen LogP contribution >= 0.6 is 21.6 Å². The van der Waals surface area contributed by atoms with Crippen molar-refractivity contribution in [1.82, 2.24) is 0 Å². The van der Waals surface area contributed by atoms with E-state index < -0.39 is 20.4 Å². The standard InChI is InChI=1S/C38H26O3S3/c39-44(40,35-24-22-30-20-19-28-13-10-14-29-21-23-34(35)38(30)37(28)29)41-43(32-15-6-2-7-16-32,33-17-8-3-9-18-33)36-25-31(26-42-36)27-11-4-1-5-12-27/h1-26H. The van der Waals surface area contributed by atoms with E-state index in [4.69, 9.17) is 3.63 Å². The van der Waals surface area contributed by atoms with Crippen molar-refractivity contribution in [3.05, 3.63) is 157 Å². The minimum absolute atomic E-state index is 0.173. The number of benzene rings is 7. The Morgan fingerprint density at radius 2 is 1.05 bits per heavy atom. The third-order valence-electron chi connectivity index (χ3n) is 8.07. The minimum Gasteiger partial charge on any atom is -0.202 e. The van der Waals surface area contributed by atoms with E-state index in [1.54, 1.807) is 6.07 Å². The monoisotopic (exact) mass is 626 g/mol. The molecule has 44 heavy (non-hydrogen) atoms. The van der Waals surface area contributed by atoms with Gasteiger partial charge >= 0.3 is 10.1 Å². The smallest absolute Gasteiger partial charge is 0.202 e. The number of hydrogen-bond donors (Lipinski definition) is 0. The Morgan fingerprint density at radius 1 is 0.500 bits per heavy atom. The van der Waals surface area contributed by atoms with Gasteiger partial charge in [-0.05, 0) is 90.1 Å². The molecule has 0 amide bonds. The highest BCUT2D eigenvalue weighted by atomic mass is 32.3. The van der Waals surface area contributed by atoms with Crippen LogP contribution in [0.5, 0.6) is 0 Å². The second kappa shape index (κ2) is 10.6. The number of thiophene rings is 1. The first-order chi connectivity index (χ1) is 21.5. The molecule has 0 spiro atoms. The lowest BCUT2D eigenvalue weighted by atomic mass is 9.94. The van der Waals surface area contributed by atoms with Gasteiger partial charge in [0, 0.05) is 15.2 Å². The summed E-state index contributed by atoms with van der Waals surface area (Å²) in [5.41, 5.74) is 2.09. The molecule has 0 aliphatic carbocycles. The van der Waals surface area contributed by atoms with Gasteiger partial charge in [0.05, 0.1) is 4.21 Å². The first-order valence-electron chi connectivity index (χ1n) is 14.2. The van der Waals surface area contributed by atoms with Gasteiger partial charge in [0.15, 0.2) is 0 Å². The summed E-state index contributed by atoms with van der Waals surface area (Å²) in [6.45, 7) is 0. The van der Waals surface area contributed by atoms with Crippen LogP contribution in [0.4, 0.5) is 0 Å². The average Bonchev–Trinajstić information content (AvgIpc) is 3.58. The van der Waals surface area contributed by atoms with Gasteiger partial charge in [-0.2, -0.15) is 8.42 Å². The molecule has 8 rings (SSSR count). The van der Waals surface area contributed by atoms with Crippen molar-refractivity contribution < 1.29 is 12.0 Å². The SMILES string of the molecule is O=S(=O)(OS(c1ccccc1)(c1ccccc1)c1cc(-c2ccccc2)cs1)c1ccc2ccc3cccc4ccc1c2c34. The summed E-state index contributed by atoms with van der Waals surface area (Å²) in [5, 5.41) is 7.91. The molecule has 8 aromatic rings. The first kappa shape index (κ1) is 27.1. The van der Waals surface area contributed by atoms with E-state index in [1.165, 1.54) is 11.3 Å². The highest BCUT2D eigenvalue weighted by molar-refractivity contribution is 8.34. The molecule has 0 atom stereocenters. The summed E-state index contributed by atoms with van der Waals surface area (Å²) >= 11 is 1.53. The quantitative estimate of drug-likeness (QED) is 0.165. The normalized spacial score (nSPS) is 12.7.